The number of amides is 1. The van der Waals surface area contributed by atoms with Gasteiger partial charge < -0.3 is 9.64 Å². The van der Waals surface area contributed by atoms with Gasteiger partial charge in [-0.15, -0.1) is 0 Å². The summed E-state index contributed by atoms with van der Waals surface area (Å²) in [5.41, 5.74) is 1.74. The Morgan fingerprint density at radius 3 is 2.54 bits per heavy atom. The number of nitrogens with zero attached hydrogens (tertiary/aromatic N) is 3. The summed E-state index contributed by atoms with van der Waals surface area (Å²) < 4.78 is 32.0. The van der Waals surface area contributed by atoms with E-state index in [4.69, 9.17) is 4.74 Å². The molecule has 0 saturated carbocycles. The number of rotatable bonds is 3. The first-order chi connectivity index (χ1) is 11.4. The van der Waals surface area contributed by atoms with E-state index in [0.717, 1.165) is 23.5 Å². The first kappa shape index (κ1) is 16.3. The number of benzene rings is 1. The summed E-state index contributed by atoms with van der Waals surface area (Å²) in [6, 6.07) is 5.29. The molecule has 0 aliphatic carbocycles. The fourth-order valence-corrected chi connectivity index (χ4v) is 2.72. The minimum Gasteiger partial charge on any atom is -0.458 e. The van der Waals surface area contributed by atoms with Crippen molar-refractivity contribution in [2.45, 2.75) is 26.4 Å². The molecule has 0 unspecified atom stereocenters. The van der Waals surface area contributed by atoms with E-state index in [1.807, 2.05) is 19.9 Å². The lowest BCUT2D eigenvalue weighted by Crippen LogP contribution is -2.31. The smallest absolute Gasteiger partial charge is 0.317 e. The Hall–Kier alpha value is -2.57. The van der Waals surface area contributed by atoms with E-state index in [0.29, 0.717) is 25.5 Å². The van der Waals surface area contributed by atoms with Crippen LogP contribution in [0.1, 0.15) is 28.2 Å². The summed E-state index contributed by atoms with van der Waals surface area (Å²) in [5, 5.41) is 0. The minimum absolute atomic E-state index is 0.122. The van der Waals surface area contributed by atoms with Crippen molar-refractivity contribution < 1.29 is 18.3 Å². The molecule has 1 aliphatic rings. The number of ether oxygens (including phenoxy) is 1. The molecule has 1 aromatic heterocycles. The molecule has 5 nitrogen and oxygen atoms in total. The lowest BCUT2D eigenvalue weighted by Gasteiger charge is -2.17. The number of carbonyl (C=O) groups is 1. The Bertz CT molecular complexity index is 762. The maximum Gasteiger partial charge on any atom is 0.317 e. The van der Waals surface area contributed by atoms with E-state index in [1.165, 1.54) is 6.07 Å². The van der Waals surface area contributed by atoms with Crippen molar-refractivity contribution >= 4 is 5.91 Å². The van der Waals surface area contributed by atoms with Gasteiger partial charge in [0.05, 0.1) is 6.54 Å². The Kier molecular flexibility index (Phi) is 4.42. The topological polar surface area (TPSA) is 55.3 Å². The second-order valence-corrected chi connectivity index (χ2v) is 5.84. The van der Waals surface area contributed by atoms with Crippen molar-refractivity contribution in [3.63, 3.8) is 0 Å². The monoisotopic (exact) mass is 333 g/mol. The van der Waals surface area contributed by atoms with Crippen LogP contribution in [0, 0.1) is 25.5 Å². The number of hydrogen-bond acceptors (Lipinski definition) is 4. The van der Waals surface area contributed by atoms with Gasteiger partial charge in [-0.1, -0.05) is 0 Å². The fraction of sp³-hybridized carbons (Fsp3) is 0.353. The predicted molar refractivity (Wildman–Crippen MR) is 82.8 cm³/mol. The Morgan fingerprint density at radius 1 is 1.17 bits per heavy atom. The number of carbonyl (C=O) groups excluding carboxylic acids is 1. The van der Waals surface area contributed by atoms with E-state index in [1.54, 1.807) is 4.90 Å². The Morgan fingerprint density at radius 2 is 1.88 bits per heavy atom. The van der Waals surface area contributed by atoms with Crippen LogP contribution in [0.25, 0.3) is 0 Å². The molecule has 2 heterocycles. The van der Waals surface area contributed by atoms with Crippen LogP contribution in [0.5, 0.6) is 6.01 Å². The number of aryl methyl sites for hydroxylation is 2. The third-order valence-electron chi connectivity index (χ3n) is 3.83. The fourth-order valence-electron chi connectivity index (χ4n) is 2.72. The van der Waals surface area contributed by atoms with Crippen LogP contribution in [-0.2, 0) is 0 Å². The Labute approximate surface area is 138 Å². The molecule has 24 heavy (non-hydrogen) atoms. The van der Waals surface area contributed by atoms with Gasteiger partial charge in [-0.2, -0.15) is 0 Å². The third kappa shape index (κ3) is 3.50. The van der Waals surface area contributed by atoms with Gasteiger partial charge in [0.2, 0.25) is 0 Å². The van der Waals surface area contributed by atoms with E-state index >= 15 is 0 Å². The maximum absolute atomic E-state index is 13.3. The summed E-state index contributed by atoms with van der Waals surface area (Å²) in [4.78, 5) is 22.4. The molecule has 0 bridgehead atoms. The van der Waals surface area contributed by atoms with Crippen molar-refractivity contribution in [2.24, 2.45) is 0 Å². The van der Waals surface area contributed by atoms with E-state index in [-0.39, 0.29) is 17.6 Å². The lowest BCUT2D eigenvalue weighted by atomic mass is 10.2. The van der Waals surface area contributed by atoms with Crippen molar-refractivity contribution in [3.8, 4) is 6.01 Å². The summed E-state index contributed by atoms with van der Waals surface area (Å²) >= 11 is 0. The largest absolute Gasteiger partial charge is 0.458 e. The molecule has 2 aromatic rings. The first-order valence-corrected chi connectivity index (χ1v) is 7.65. The molecular formula is C17H17F2N3O2. The number of hydrogen-bond donors (Lipinski definition) is 0. The summed E-state index contributed by atoms with van der Waals surface area (Å²) in [6.07, 6.45) is 0.409. The summed E-state index contributed by atoms with van der Waals surface area (Å²) in [6.45, 7) is 4.55. The number of likely N-dealkylation sites (tertiary alicyclic amines) is 1. The molecule has 1 amide bonds. The highest BCUT2D eigenvalue weighted by Crippen LogP contribution is 2.19. The zero-order valence-corrected chi connectivity index (χ0v) is 13.4. The van der Waals surface area contributed by atoms with Crippen molar-refractivity contribution in [1.29, 1.82) is 0 Å². The average Bonchev–Trinajstić information content (AvgIpc) is 2.96. The zero-order valence-electron chi connectivity index (χ0n) is 13.4. The maximum atomic E-state index is 13.3. The number of halogens is 2. The SMILES string of the molecule is Cc1cc(C)nc(O[C@@H]2CCN(C(=O)c3ccc(F)c(F)c3)C2)n1. The van der Waals surface area contributed by atoms with Crippen LogP contribution in [-0.4, -0.2) is 40.0 Å². The van der Waals surface area contributed by atoms with Crippen LogP contribution in [0.2, 0.25) is 0 Å². The molecule has 1 aliphatic heterocycles. The highest BCUT2D eigenvalue weighted by Gasteiger charge is 2.29. The van der Waals surface area contributed by atoms with Crippen molar-refractivity contribution in [1.82, 2.24) is 14.9 Å². The van der Waals surface area contributed by atoms with Gasteiger partial charge in [0, 0.05) is 29.9 Å². The molecule has 1 saturated heterocycles. The number of aromatic nitrogens is 2. The van der Waals surface area contributed by atoms with Gasteiger partial charge in [0.1, 0.15) is 6.10 Å². The minimum atomic E-state index is -1.03. The highest BCUT2D eigenvalue weighted by atomic mass is 19.2. The molecule has 0 spiro atoms. The Balaban J connectivity index is 1.66. The van der Waals surface area contributed by atoms with Gasteiger partial charge in [-0.3, -0.25) is 4.79 Å². The van der Waals surface area contributed by atoms with Crippen LogP contribution >= 0.6 is 0 Å². The molecule has 1 atom stereocenters. The second-order valence-electron chi connectivity index (χ2n) is 5.84. The summed E-state index contributed by atoms with van der Waals surface area (Å²) in [5.74, 6) is -2.35. The van der Waals surface area contributed by atoms with Crippen molar-refractivity contribution in [2.75, 3.05) is 13.1 Å². The van der Waals surface area contributed by atoms with Crippen LogP contribution in [0.15, 0.2) is 24.3 Å². The molecule has 7 heteroatoms. The van der Waals surface area contributed by atoms with E-state index in [9.17, 15) is 13.6 Å². The molecule has 1 aromatic carbocycles. The van der Waals surface area contributed by atoms with Crippen LogP contribution in [0.4, 0.5) is 8.78 Å². The zero-order chi connectivity index (χ0) is 17.3. The predicted octanol–water partition coefficient (Wildman–Crippen LogP) is 2.67. The van der Waals surface area contributed by atoms with Crippen LogP contribution < -0.4 is 4.74 Å². The van der Waals surface area contributed by atoms with E-state index in [2.05, 4.69) is 9.97 Å². The average molecular weight is 333 g/mol. The standard InChI is InChI=1S/C17H17F2N3O2/c1-10-7-11(2)21-17(20-10)24-13-5-6-22(9-13)16(23)12-3-4-14(18)15(19)8-12/h3-4,7-8,13H,5-6,9H2,1-2H3/t13-/m1/s1. The third-order valence-corrected chi connectivity index (χ3v) is 3.83. The first-order valence-electron chi connectivity index (χ1n) is 7.65. The van der Waals surface area contributed by atoms with Gasteiger partial charge >= 0.3 is 6.01 Å². The van der Waals surface area contributed by atoms with E-state index < -0.39 is 11.6 Å². The summed E-state index contributed by atoms with van der Waals surface area (Å²) in [7, 11) is 0. The van der Waals surface area contributed by atoms with Gasteiger partial charge in [0.25, 0.3) is 5.91 Å². The molecular weight excluding hydrogens is 316 g/mol. The van der Waals surface area contributed by atoms with Gasteiger partial charge in [-0.05, 0) is 38.1 Å². The van der Waals surface area contributed by atoms with Crippen molar-refractivity contribution in [3.05, 3.63) is 52.9 Å². The normalized spacial score (nSPS) is 17.2. The molecule has 126 valence electrons. The molecule has 1 fully saturated rings. The van der Waals surface area contributed by atoms with Crippen LogP contribution in [0.3, 0.4) is 0 Å². The van der Waals surface area contributed by atoms with Gasteiger partial charge in [-0.25, -0.2) is 18.7 Å². The molecule has 0 radical (unpaired) electrons. The second kappa shape index (κ2) is 6.51. The van der Waals surface area contributed by atoms with Gasteiger partial charge in [0.15, 0.2) is 11.6 Å². The molecule has 3 rings (SSSR count). The lowest BCUT2D eigenvalue weighted by molar-refractivity contribution is 0.0769. The quantitative estimate of drug-likeness (QED) is 0.866. The highest BCUT2D eigenvalue weighted by molar-refractivity contribution is 5.94. The molecule has 0 N–H and O–H groups in total.